The molecule has 1 unspecified atom stereocenters. The summed E-state index contributed by atoms with van der Waals surface area (Å²) in [4.78, 5) is 22.5. The highest BCUT2D eigenvalue weighted by atomic mass is 16.2. The Labute approximate surface area is 95.4 Å². The molecule has 6 heteroatoms. The van der Waals surface area contributed by atoms with Gasteiger partial charge >= 0.3 is 0 Å². The average Bonchev–Trinajstić information content (AvgIpc) is 2.26. The Bertz CT molecular complexity index is 272. The molecule has 0 aliphatic carbocycles. The SMILES string of the molecule is CCNC(=O)C(C)NCC(=O)NCCC#N. The molecule has 0 aromatic carbocycles. The van der Waals surface area contributed by atoms with Gasteiger partial charge in [-0.15, -0.1) is 0 Å². The van der Waals surface area contributed by atoms with E-state index in [2.05, 4.69) is 16.0 Å². The van der Waals surface area contributed by atoms with Gasteiger partial charge in [-0.1, -0.05) is 0 Å². The number of nitriles is 1. The van der Waals surface area contributed by atoms with Crippen LogP contribution >= 0.6 is 0 Å². The Balaban J connectivity index is 3.67. The van der Waals surface area contributed by atoms with Crippen LogP contribution in [0.5, 0.6) is 0 Å². The number of carbonyl (C=O) groups is 2. The number of hydrogen-bond acceptors (Lipinski definition) is 4. The van der Waals surface area contributed by atoms with E-state index in [1.54, 1.807) is 6.92 Å². The average molecular weight is 226 g/mol. The monoisotopic (exact) mass is 226 g/mol. The highest BCUT2D eigenvalue weighted by Crippen LogP contribution is 1.81. The minimum absolute atomic E-state index is 0.0731. The molecule has 2 amide bonds. The van der Waals surface area contributed by atoms with E-state index < -0.39 is 6.04 Å². The van der Waals surface area contributed by atoms with Crippen LogP contribution in [0.15, 0.2) is 0 Å². The van der Waals surface area contributed by atoms with Gasteiger partial charge in [0.25, 0.3) is 0 Å². The Morgan fingerprint density at radius 2 is 2.06 bits per heavy atom. The van der Waals surface area contributed by atoms with Crippen molar-refractivity contribution in [3.63, 3.8) is 0 Å². The summed E-state index contributed by atoms with van der Waals surface area (Å²) in [5.41, 5.74) is 0. The lowest BCUT2D eigenvalue weighted by molar-refractivity contribution is -0.123. The van der Waals surface area contributed by atoms with Crippen LogP contribution in [-0.2, 0) is 9.59 Å². The molecule has 0 fully saturated rings. The molecule has 0 bridgehead atoms. The van der Waals surface area contributed by atoms with Crippen LogP contribution in [0, 0.1) is 11.3 Å². The third-order valence-corrected chi connectivity index (χ3v) is 1.87. The summed E-state index contributed by atoms with van der Waals surface area (Å²) in [6, 6.07) is 1.52. The van der Waals surface area contributed by atoms with Crippen LogP contribution in [0.25, 0.3) is 0 Å². The molecule has 1 atom stereocenters. The second kappa shape index (κ2) is 8.68. The number of hydrogen-bond donors (Lipinski definition) is 3. The first-order chi connectivity index (χ1) is 7.61. The Hall–Kier alpha value is -1.61. The fourth-order valence-corrected chi connectivity index (χ4v) is 0.986. The predicted octanol–water partition coefficient (Wildman–Crippen LogP) is -0.870. The topological polar surface area (TPSA) is 94.0 Å². The lowest BCUT2D eigenvalue weighted by atomic mass is 10.3. The molecule has 0 radical (unpaired) electrons. The highest BCUT2D eigenvalue weighted by Gasteiger charge is 2.11. The third kappa shape index (κ3) is 6.79. The quantitative estimate of drug-likeness (QED) is 0.492. The molecule has 0 aliphatic heterocycles. The smallest absolute Gasteiger partial charge is 0.236 e. The van der Waals surface area contributed by atoms with Crippen molar-refractivity contribution in [1.29, 1.82) is 5.26 Å². The zero-order valence-corrected chi connectivity index (χ0v) is 9.67. The maximum Gasteiger partial charge on any atom is 0.236 e. The van der Waals surface area contributed by atoms with E-state index in [1.807, 2.05) is 13.0 Å². The van der Waals surface area contributed by atoms with Crippen LogP contribution in [0.2, 0.25) is 0 Å². The van der Waals surface area contributed by atoms with Crippen molar-refractivity contribution in [3.05, 3.63) is 0 Å². The zero-order chi connectivity index (χ0) is 12.4. The highest BCUT2D eigenvalue weighted by molar-refractivity contribution is 5.83. The first-order valence-electron chi connectivity index (χ1n) is 5.26. The Morgan fingerprint density at radius 3 is 2.62 bits per heavy atom. The Morgan fingerprint density at radius 1 is 1.38 bits per heavy atom. The molecule has 0 rings (SSSR count). The molecule has 0 aromatic rings. The molecule has 0 heterocycles. The van der Waals surface area contributed by atoms with Gasteiger partial charge in [0, 0.05) is 13.1 Å². The lowest BCUT2D eigenvalue weighted by Crippen LogP contribution is -2.46. The number of carbonyl (C=O) groups excluding carboxylic acids is 2. The van der Waals surface area contributed by atoms with Crippen LogP contribution in [0.4, 0.5) is 0 Å². The normalized spacial score (nSPS) is 11.3. The Kier molecular flexibility index (Phi) is 7.81. The van der Waals surface area contributed by atoms with Crippen LogP contribution in [0.3, 0.4) is 0 Å². The van der Waals surface area contributed by atoms with Crippen molar-refractivity contribution in [2.24, 2.45) is 0 Å². The predicted molar refractivity (Wildman–Crippen MR) is 59.4 cm³/mol. The largest absolute Gasteiger partial charge is 0.355 e. The van der Waals surface area contributed by atoms with E-state index in [1.165, 1.54) is 0 Å². The first kappa shape index (κ1) is 14.4. The molecule has 0 saturated heterocycles. The maximum atomic E-state index is 11.3. The number of nitrogens with zero attached hydrogens (tertiary/aromatic N) is 1. The van der Waals surface area contributed by atoms with E-state index in [4.69, 9.17) is 5.26 Å². The van der Waals surface area contributed by atoms with Gasteiger partial charge < -0.3 is 10.6 Å². The van der Waals surface area contributed by atoms with Crippen LogP contribution < -0.4 is 16.0 Å². The molecule has 16 heavy (non-hydrogen) atoms. The minimum Gasteiger partial charge on any atom is -0.355 e. The van der Waals surface area contributed by atoms with Crippen molar-refractivity contribution >= 4 is 11.8 Å². The second-order valence-electron chi connectivity index (χ2n) is 3.26. The van der Waals surface area contributed by atoms with Crippen molar-refractivity contribution in [1.82, 2.24) is 16.0 Å². The van der Waals surface area contributed by atoms with Crippen molar-refractivity contribution in [2.75, 3.05) is 19.6 Å². The number of likely N-dealkylation sites (N-methyl/N-ethyl adjacent to an activating group) is 1. The van der Waals surface area contributed by atoms with Gasteiger partial charge in [0.05, 0.1) is 25.1 Å². The molecule has 0 spiro atoms. The van der Waals surface area contributed by atoms with Gasteiger partial charge in [-0.05, 0) is 13.8 Å². The molecular weight excluding hydrogens is 208 g/mol. The molecular formula is C10H18N4O2. The summed E-state index contributed by atoms with van der Waals surface area (Å²) in [6.45, 7) is 4.50. The van der Waals surface area contributed by atoms with E-state index in [-0.39, 0.29) is 24.8 Å². The second-order valence-corrected chi connectivity index (χ2v) is 3.26. The third-order valence-electron chi connectivity index (χ3n) is 1.87. The standard InChI is InChI=1S/C10H18N4O2/c1-3-12-10(16)8(2)14-7-9(15)13-6-4-5-11/h8,14H,3-4,6-7H2,1-2H3,(H,12,16)(H,13,15). The molecule has 6 nitrogen and oxygen atoms in total. The van der Waals surface area contributed by atoms with E-state index in [0.717, 1.165) is 0 Å². The fourth-order valence-electron chi connectivity index (χ4n) is 0.986. The van der Waals surface area contributed by atoms with Crippen molar-refractivity contribution < 1.29 is 9.59 Å². The summed E-state index contributed by atoms with van der Waals surface area (Å²) in [7, 11) is 0. The fraction of sp³-hybridized carbons (Fsp3) is 0.700. The first-order valence-corrected chi connectivity index (χ1v) is 5.26. The maximum absolute atomic E-state index is 11.3. The summed E-state index contributed by atoms with van der Waals surface area (Å²) in [5.74, 6) is -0.348. The summed E-state index contributed by atoms with van der Waals surface area (Å²) >= 11 is 0. The van der Waals surface area contributed by atoms with Gasteiger partial charge in [0.2, 0.25) is 11.8 Å². The van der Waals surface area contributed by atoms with E-state index >= 15 is 0 Å². The minimum atomic E-state index is -0.401. The lowest BCUT2D eigenvalue weighted by Gasteiger charge is -2.12. The number of nitrogens with one attached hydrogen (secondary N) is 3. The van der Waals surface area contributed by atoms with Gasteiger partial charge in [-0.25, -0.2) is 0 Å². The summed E-state index contributed by atoms with van der Waals surface area (Å²) in [6.07, 6.45) is 0.289. The van der Waals surface area contributed by atoms with Crippen LogP contribution in [0.1, 0.15) is 20.3 Å². The molecule has 90 valence electrons. The molecule has 0 aliphatic rings. The van der Waals surface area contributed by atoms with Gasteiger partial charge in [-0.2, -0.15) is 5.26 Å². The van der Waals surface area contributed by atoms with Crippen molar-refractivity contribution in [2.45, 2.75) is 26.3 Å². The van der Waals surface area contributed by atoms with Gasteiger partial charge in [0.15, 0.2) is 0 Å². The summed E-state index contributed by atoms with van der Waals surface area (Å²) in [5, 5.41) is 16.2. The molecule has 0 saturated carbocycles. The van der Waals surface area contributed by atoms with E-state index in [0.29, 0.717) is 13.1 Å². The zero-order valence-electron chi connectivity index (χ0n) is 9.67. The molecule has 0 aromatic heterocycles. The van der Waals surface area contributed by atoms with Gasteiger partial charge in [0.1, 0.15) is 0 Å². The molecule has 3 N–H and O–H groups in total. The number of amides is 2. The number of rotatable bonds is 7. The van der Waals surface area contributed by atoms with E-state index in [9.17, 15) is 9.59 Å². The summed E-state index contributed by atoms with van der Waals surface area (Å²) < 4.78 is 0. The van der Waals surface area contributed by atoms with Gasteiger partial charge in [-0.3, -0.25) is 14.9 Å². The van der Waals surface area contributed by atoms with Crippen LogP contribution in [-0.4, -0.2) is 37.5 Å². The van der Waals surface area contributed by atoms with Crippen molar-refractivity contribution in [3.8, 4) is 6.07 Å².